The molecule has 0 aliphatic rings. The van der Waals surface area contributed by atoms with Crippen LogP contribution in [0, 0.1) is 0 Å². The molecule has 0 heterocycles. The minimum atomic E-state index is -1.82. The Balaban J connectivity index is 0.000000688. The molecular weight excluding hydrogens is 374 g/mol. The second kappa shape index (κ2) is 10.0. The van der Waals surface area contributed by atoms with Gasteiger partial charge in [-0.3, -0.25) is 0 Å². The normalized spacial score (nSPS) is 12.4. The van der Waals surface area contributed by atoms with E-state index in [9.17, 15) is 0 Å². The monoisotopic (exact) mass is 393 g/mol. The van der Waals surface area contributed by atoms with Crippen LogP contribution in [0.15, 0.2) is 16.6 Å². The zero-order valence-corrected chi connectivity index (χ0v) is 14.8. The van der Waals surface area contributed by atoms with E-state index in [1.807, 2.05) is 19.1 Å². The van der Waals surface area contributed by atoms with Crippen LogP contribution in [0.2, 0.25) is 0 Å². The van der Waals surface area contributed by atoms with Gasteiger partial charge in [0, 0.05) is 18.7 Å². The SMILES string of the molecule is COc1cc([C@@H](OC)[C@H](C)N)c(OC)cc1Br.O=C(O)C(=O)O. The number of nitrogens with two attached hydrogens (primary N) is 1. The Morgan fingerprint density at radius 1 is 1.09 bits per heavy atom. The van der Waals surface area contributed by atoms with Crippen molar-refractivity contribution in [3.05, 3.63) is 22.2 Å². The van der Waals surface area contributed by atoms with Gasteiger partial charge in [0.25, 0.3) is 0 Å². The Morgan fingerprint density at radius 3 is 1.87 bits per heavy atom. The number of rotatable bonds is 5. The van der Waals surface area contributed by atoms with Gasteiger partial charge >= 0.3 is 11.9 Å². The van der Waals surface area contributed by atoms with Crippen LogP contribution in [0.5, 0.6) is 11.5 Å². The Bertz CT molecular complexity index is 536. The maximum absolute atomic E-state index is 9.10. The lowest BCUT2D eigenvalue weighted by atomic mass is 10.0. The molecule has 4 N–H and O–H groups in total. The first-order valence-corrected chi connectivity index (χ1v) is 7.14. The molecule has 0 aromatic heterocycles. The molecule has 130 valence electrons. The minimum absolute atomic E-state index is 0.139. The Kier molecular flexibility index (Phi) is 9.23. The first-order chi connectivity index (χ1) is 10.7. The summed E-state index contributed by atoms with van der Waals surface area (Å²) in [5.74, 6) is -2.20. The molecule has 1 aromatic carbocycles. The van der Waals surface area contributed by atoms with Gasteiger partial charge < -0.3 is 30.2 Å². The standard InChI is InChI=1S/C12H18BrNO3.C2H2O4/c1-7(14)12(17-4)8-5-11(16-3)9(13)6-10(8)15-2;3-1(4)2(5)6/h5-7,12H,14H2,1-4H3;(H,3,4)(H,5,6)/t7-,12-;/m0./s1. The number of carbonyl (C=O) groups is 2. The molecule has 0 saturated heterocycles. The van der Waals surface area contributed by atoms with Crippen molar-refractivity contribution >= 4 is 27.9 Å². The first-order valence-electron chi connectivity index (χ1n) is 6.35. The second-order valence-electron chi connectivity index (χ2n) is 4.35. The highest BCUT2D eigenvalue weighted by Crippen LogP contribution is 2.37. The van der Waals surface area contributed by atoms with Crippen molar-refractivity contribution in [3.63, 3.8) is 0 Å². The minimum Gasteiger partial charge on any atom is -0.496 e. The summed E-state index contributed by atoms with van der Waals surface area (Å²) in [5, 5.41) is 14.8. The predicted octanol–water partition coefficient (Wildman–Crippen LogP) is 1.66. The van der Waals surface area contributed by atoms with Crippen LogP contribution in [-0.2, 0) is 14.3 Å². The third-order valence-electron chi connectivity index (χ3n) is 2.73. The van der Waals surface area contributed by atoms with E-state index in [2.05, 4.69) is 15.9 Å². The molecule has 2 atom stereocenters. The van der Waals surface area contributed by atoms with Crippen molar-refractivity contribution in [2.24, 2.45) is 5.73 Å². The van der Waals surface area contributed by atoms with E-state index in [0.717, 1.165) is 21.5 Å². The average molecular weight is 394 g/mol. The zero-order valence-electron chi connectivity index (χ0n) is 13.2. The molecule has 23 heavy (non-hydrogen) atoms. The highest BCUT2D eigenvalue weighted by atomic mass is 79.9. The van der Waals surface area contributed by atoms with Gasteiger partial charge in [0.1, 0.15) is 17.6 Å². The van der Waals surface area contributed by atoms with Crippen LogP contribution in [0.4, 0.5) is 0 Å². The highest BCUT2D eigenvalue weighted by molar-refractivity contribution is 9.10. The fraction of sp³-hybridized carbons (Fsp3) is 0.429. The average Bonchev–Trinajstić information content (AvgIpc) is 2.49. The fourth-order valence-electron chi connectivity index (χ4n) is 1.73. The molecule has 1 aromatic rings. The fourth-order valence-corrected chi connectivity index (χ4v) is 2.22. The van der Waals surface area contributed by atoms with Crippen LogP contribution < -0.4 is 15.2 Å². The van der Waals surface area contributed by atoms with E-state index < -0.39 is 11.9 Å². The number of hydrogen-bond donors (Lipinski definition) is 3. The van der Waals surface area contributed by atoms with E-state index in [1.165, 1.54) is 0 Å². The van der Waals surface area contributed by atoms with Crippen LogP contribution in [0.25, 0.3) is 0 Å². The van der Waals surface area contributed by atoms with Gasteiger partial charge in [0.2, 0.25) is 0 Å². The number of benzene rings is 1. The van der Waals surface area contributed by atoms with Crippen molar-refractivity contribution in [2.75, 3.05) is 21.3 Å². The van der Waals surface area contributed by atoms with E-state index in [-0.39, 0.29) is 12.1 Å². The number of hydrogen-bond acceptors (Lipinski definition) is 6. The van der Waals surface area contributed by atoms with Gasteiger partial charge in [-0.2, -0.15) is 0 Å². The van der Waals surface area contributed by atoms with Crippen molar-refractivity contribution in [1.29, 1.82) is 0 Å². The summed E-state index contributed by atoms with van der Waals surface area (Å²) in [4.78, 5) is 18.2. The maximum Gasteiger partial charge on any atom is 0.414 e. The van der Waals surface area contributed by atoms with Crippen molar-refractivity contribution in [1.82, 2.24) is 0 Å². The van der Waals surface area contributed by atoms with Crippen LogP contribution >= 0.6 is 15.9 Å². The lowest BCUT2D eigenvalue weighted by Crippen LogP contribution is -2.26. The van der Waals surface area contributed by atoms with Gasteiger partial charge in [-0.1, -0.05) is 0 Å². The second-order valence-corrected chi connectivity index (χ2v) is 5.21. The number of carboxylic acids is 2. The summed E-state index contributed by atoms with van der Waals surface area (Å²) in [6.45, 7) is 1.89. The lowest BCUT2D eigenvalue weighted by Gasteiger charge is -2.22. The smallest absolute Gasteiger partial charge is 0.414 e. The molecule has 0 fully saturated rings. The van der Waals surface area contributed by atoms with E-state index in [0.29, 0.717) is 0 Å². The van der Waals surface area contributed by atoms with Gasteiger partial charge in [0.05, 0.1) is 18.7 Å². The van der Waals surface area contributed by atoms with Crippen LogP contribution in [-0.4, -0.2) is 49.5 Å². The number of ether oxygens (including phenoxy) is 3. The molecule has 0 unspecified atom stereocenters. The maximum atomic E-state index is 9.10. The molecule has 0 aliphatic carbocycles. The summed E-state index contributed by atoms with van der Waals surface area (Å²) in [6.07, 6.45) is -0.230. The summed E-state index contributed by atoms with van der Waals surface area (Å²) >= 11 is 3.41. The summed E-state index contributed by atoms with van der Waals surface area (Å²) in [6, 6.07) is 3.59. The van der Waals surface area contributed by atoms with Gasteiger partial charge in [0.15, 0.2) is 0 Å². The largest absolute Gasteiger partial charge is 0.496 e. The topological polar surface area (TPSA) is 128 Å². The third kappa shape index (κ3) is 6.43. The molecule has 0 radical (unpaired) electrons. The first kappa shape index (κ1) is 21.2. The predicted molar refractivity (Wildman–Crippen MR) is 85.9 cm³/mol. The molecule has 0 spiro atoms. The molecule has 0 saturated carbocycles. The summed E-state index contributed by atoms with van der Waals surface area (Å²) in [7, 11) is 4.86. The van der Waals surface area contributed by atoms with Gasteiger partial charge in [-0.25, -0.2) is 9.59 Å². The number of halogens is 1. The number of aliphatic carboxylic acids is 2. The summed E-state index contributed by atoms with van der Waals surface area (Å²) < 4.78 is 16.8. The molecular formula is C14H20BrNO7. The van der Waals surface area contributed by atoms with Crippen molar-refractivity contribution < 1.29 is 34.0 Å². The molecule has 0 aliphatic heterocycles. The van der Waals surface area contributed by atoms with Crippen LogP contribution in [0.1, 0.15) is 18.6 Å². The van der Waals surface area contributed by atoms with E-state index in [4.69, 9.17) is 39.7 Å². The number of methoxy groups -OCH3 is 3. The highest BCUT2D eigenvalue weighted by Gasteiger charge is 2.21. The van der Waals surface area contributed by atoms with Crippen molar-refractivity contribution in [2.45, 2.75) is 19.1 Å². The number of carboxylic acid groups (broad SMARTS) is 2. The third-order valence-corrected chi connectivity index (χ3v) is 3.34. The van der Waals surface area contributed by atoms with Gasteiger partial charge in [-0.15, -0.1) is 0 Å². The molecule has 0 bridgehead atoms. The van der Waals surface area contributed by atoms with Crippen molar-refractivity contribution in [3.8, 4) is 11.5 Å². The van der Waals surface area contributed by atoms with E-state index in [1.54, 1.807) is 21.3 Å². The van der Waals surface area contributed by atoms with E-state index >= 15 is 0 Å². The zero-order chi connectivity index (χ0) is 18.2. The Morgan fingerprint density at radius 2 is 1.57 bits per heavy atom. The summed E-state index contributed by atoms with van der Waals surface area (Å²) in [5.41, 5.74) is 6.78. The molecule has 8 nitrogen and oxygen atoms in total. The Hall–Kier alpha value is -1.84. The molecule has 9 heteroatoms. The quantitative estimate of drug-likeness (QED) is 0.644. The van der Waals surface area contributed by atoms with Crippen LogP contribution in [0.3, 0.4) is 0 Å². The lowest BCUT2D eigenvalue weighted by molar-refractivity contribution is -0.159. The van der Waals surface area contributed by atoms with Gasteiger partial charge in [-0.05, 0) is 35.0 Å². The molecule has 1 rings (SSSR count). The molecule has 0 amide bonds. The Labute approximate surface area is 142 Å².